The first-order valence-electron chi connectivity index (χ1n) is 8.19. The van der Waals surface area contributed by atoms with E-state index in [0.717, 1.165) is 36.6 Å². The highest BCUT2D eigenvalue weighted by atomic mass is 16.5. The molecule has 1 aliphatic heterocycles. The number of methoxy groups -OCH3 is 1. The Morgan fingerprint density at radius 2 is 2.25 bits per heavy atom. The van der Waals surface area contributed by atoms with Gasteiger partial charge in [-0.1, -0.05) is 12.1 Å². The number of rotatable bonds is 6. The average molecular weight is 329 g/mol. The summed E-state index contributed by atoms with van der Waals surface area (Å²) < 4.78 is 12.7. The molecule has 1 N–H and O–H groups in total. The highest BCUT2D eigenvalue weighted by molar-refractivity contribution is 5.77. The Labute approximate surface area is 141 Å². The van der Waals surface area contributed by atoms with E-state index in [1.54, 1.807) is 13.3 Å². The van der Waals surface area contributed by atoms with Gasteiger partial charge in [0.2, 0.25) is 5.91 Å². The number of hydrogen-bond donors (Lipinski definition) is 1. The van der Waals surface area contributed by atoms with Gasteiger partial charge in [0.1, 0.15) is 17.6 Å². The third kappa shape index (κ3) is 3.76. The van der Waals surface area contributed by atoms with Gasteiger partial charge >= 0.3 is 0 Å². The van der Waals surface area contributed by atoms with Crippen LogP contribution in [0.25, 0.3) is 0 Å². The normalized spacial score (nSPS) is 18.3. The predicted octanol–water partition coefficient (Wildman–Crippen LogP) is 2.20. The third-order valence-corrected chi connectivity index (χ3v) is 4.31. The van der Waals surface area contributed by atoms with E-state index in [-0.39, 0.29) is 18.1 Å². The lowest BCUT2D eigenvalue weighted by Crippen LogP contribution is -2.33. The van der Waals surface area contributed by atoms with Crippen LogP contribution in [0.3, 0.4) is 0 Å². The molecule has 1 aromatic carbocycles. The maximum absolute atomic E-state index is 12.5. The zero-order valence-corrected chi connectivity index (χ0v) is 14.1. The van der Waals surface area contributed by atoms with Gasteiger partial charge in [0, 0.05) is 26.0 Å². The Morgan fingerprint density at radius 1 is 1.46 bits per heavy atom. The first-order chi connectivity index (χ1) is 11.7. The van der Waals surface area contributed by atoms with Crippen molar-refractivity contribution in [3.05, 3.63) is 48.0 Å². The SMILES string of the molecule is COc1ccc(C(NC(=O)CC2CCCO2)c2nccn2C)cc1. The summed E-state index contributed by atoms with van der Waals surface area (Å²) in [6, 6.07) is 7.37. The summed E-state index contributed by atoms with van der Waals surface area (Å²) in [4.78, 5) is 16.9. The van der Waals surface area contributed by atoms with Crippen LogP contribution in [0.5, 0.6) is 5.75 Å². The van der Waals surface area contributed by atoms with Crippen LogP contribution in [-0.4, -0.2) is 35.3 Å². The minimum atomic E-state index is -0.301. The summed E-state index contributed by atoms with van der Waals surface area (Å²) in [5.41, 5.74) is 0.964. The van der Waals surface area contributed by atoms with E-state index in [0.29, 0.717) is 6.42 Å². The minimum absolute atomic E-state index is 0.0225. The first kappa shape index (κ1) is 16.5. The molecule has 1 amide bonds. The number of aryl methyl sites for hydroxylation is 1. The second-order valence-corrected chi connectivity index (χ2v) is 6.01. The van der Waals surface area contributed by atoms with Gasteiger partial charge in [0.15, 0.2) is 0 Å². The number of nitrogens with one attached hydrogen (secondary N) is 1. The van der Waals surface area contributed by atoms with Gasteiger partial charge < -0.3 is 19.4 Å². The van der Waals surface area contributed by atoms with Gasteiger partial charge in [0.05, 0.1) is 19.6 Å². The van der Waals surface area contributed by atoms with Crippen molar-refractivity contribution in [1.29, 1.82) is 0 Å². The molecule has 0 bridgehead atoms. The molecular weight excluding hydrogens is 306 g/mol. The van der Waals surface area contributed by atoms with Crippen molar-refractivity contribution in [2.75, 3.05) is 13.7 Å². The molecule has 3 rings (SSSR count). The lowest BCUT2D eigenvalue weighted by molar-refractivity contribution is -0.123. The summed E-state index contributed by atoms with van der Waals surface area (Å²) in [6.45, 7) is 0.749. The zero-order chi connectivity index (χ0) is 16.9. The molecular formula is C18H23N3O3. The maximum atomic E-state index is 12.5. The number of benzene rings is 1. The van der Waals surface area contributed by atoms with Crippen LogP contribution in [0.15, 0.2) is 36.7 Å². The Balaban J connectivity index is 1.79. The smallest absolute Gasteiger partial charge is 0.223 e. The maximum Gasteiger partial charge on any atom is 0.223 e. The van der Waals surface area contributed by atoms with Crippen LogP contribution >= 0.6 is 0 Å². The van der Waals surface area contributed by atoms with Crippen LogP contribution in [-0.2, 0) is 16.6 Å². The van der Waals surface area contributed by atoms with E-state index in [9.17, 15) is 4.79 Å². The molecule has 128 valence electrons. The van der Waals surface area contributed by atoms with Gasteiger partial charge in [-0.15, -0.1) is 0 Å². The van der Waals surface area contributed by atoms with Gasteiger partial charge in [-0.05, 0) is 30.5 Å². The Morgan fingerprint density at radius 3 is 2.83 bits per heavy atom. The highest BCUT2D eigenvalue weighted by Crippen LogP contribution is 2.24. The largest absolute Gasteiger partial charge is 0.497 e. The Kier molecular flexibility index (Phi) is 5.15. The molecule has 0 aliphatic carbocycles. The van der Waals surface area contributed by atoms with Crippen LogP contribution in [0.2, 0.25) is 0 Å². The van der Waals surface area contributed by atoms with Crippen molar-refractivity contribution in [1.82, 2.24) is 14.9 Å². The van der Waals surface area contributed by atoms with Crippen molar-refractivity contribution >= 4 is 5.91 Å². The van der Waals surface area contributed by atoms with Gasteiger partial charge in [0.25, 0.3) is 0 Å². The van der Waals surface area contributed by atoms with E-state index >= 15 is 0 Å². The van der Waals surface area contributed by atoms with Crippen LogP contribution in [0, 0.1) is 0 Å². The molecule has 0 saturated carbocycles. The second kappa shape index (κ2) is 7.49. The third-order valence-electron chi connectivity index (χ3n) is 4.31. The van der Waals surface area contributed by atoms with Crippen molar-refractivity contribution in [3.8, 4) is 5.75 Å². The number of nitrogens with zero attached hydrogens (tertiary/aromatic N) is 2. The summed E-state index contributed by atoms with van der Waals surface area (Å²) >= 11 is 0. The predicted molar refractivity (Wildman–Crippen MR) is 89.8 cm³/mol. The number of carbonyl (C=O) groups is 1. The van der Waals surface area contributed by atoms with E-state index in [2.05, 4.69) is 10.3 Å². The summed E-state index contributed by atoms with van der Waals surface area (Å²) in [7, 11) is 3.56. The number of ether oxygens (including phenoxy) is 2. The highest BCUT2D eigenvalue weighted by Gasteiger charge is 2.24. The molecule has 1 aliphatic rings. The fourth-order valence-electron chi connectivity index (χ4n) is 2.98. The number of amides is 1. The summed E-state index contributed by atoms with van der Waals surface area (Å²) in [6.07, 6.45) is 6.00. The van der Waals surface area contributed by atoms with Crippen LogP contribution in [0.1, 0.15) is 36.7 Å². The van der Waals surface area contributed by atoms with E-state index in [1.807, 2.05) is 42.1 Å². The molecule has 0 radical (unpaired) electrons. The van der Waals surface area contributed by atoms with Crippen LogP contribution < -0.4 is 10.1 Å². The molecule has 6 heteroatoms. The topological polar surface area (TPSA) is 65.4 Å². The van der Waals surface area contributed by atoms with E-state index < -0.39 is 0 Å². The molecule has 1 aromatic heterocycles. The molecule has 2 heterocycles. The van der Waals surface area contributed by atoms with Crippen molar-refractivity contribution in [2.45, 2.75) is 31.4 Å². The number of imidazole rings is 1. The van der Waals surface area contributed by atoms with Gasteiger partial charge in [-0.25, -0.2) is 4.98 Å². The zero-order valence-electron chi connectivity index (χ0n) is 14.1. The lowest BCUT2D eigenvalue weighted by Gasteiger charge is -2.20. The lowest BCUT2D eigenvalue weighted by atomic mass is 10.0. The fraction of sp³-hybridized carbons (Fsp3) is 0.444. The molecule has 2 atom stereocenters. The molecule has 24 heavy (non-hydrogen) atoms. The molecule has 2 aromatic rings. The molecule has 2 unspecified atom stereocenters. The summed E-state index contributed by atoms with van der Waals surface area (Å²) in [5, 5.41) is 3.10. The quantitative estimate of drug-likeness (QED) is 0.882. The standard InChI is InChI=1S/C18H23N3O3/c1-21-10-9-19-18(21)17(13-5-7-14(23-2)8-6-13)20-16(22)12-15-4-3-11-24-15/h5-10,15,17H,3-4,11-12H2,1-2H3,(H,20,22). The average Bonchev–Trinajstić information content (AvgIpc) is 3.24. The van der Waals surface area contributed by atoms with E-state index in [4.69, 9.17) is 9.47 Å². The Hall–Kier alpha value is -2.34. The molecule has 1 saturated heterocycles. The second-order valence-electron chi connectivity index (χ2n) is 6.01. The fourth-order valence-corrected chi connectivity index (χ4v) is 2.98. The van der Waals surface area contributed by atoms with Crippen molar-refractivity contribution in [3.63, 3.8) is 0 Å². The minimum Gasteiger partial charge on any atom is -0.497 e. The van der Waals surface area contributed by atoms with Gasteiger partial charge in [-0.3, -0.25) is 4.79 Å². The molecule has 1 fully saturated rings. The number of carbonyl (C=O) groups excluding carboxylic acids is 1. The summed E-state index contributed by atoms with van der Waals surface area (Å²) in [5.74, 6) is 1.55. The van der Waals surface area contributed by atoms with Crippen molar-refractivity contribution in [2.24, 2.45) is 7.05 Å². The first-order valence-corrected chi connectivity index (χ1v) is 8.19. The number of aromatic nitrogens is 2. The van der Waals surface area contributed by atoms with Crippen LogP contribution in [0.4, 0.5) is 0 Å². The molecule has 6 nitrogen and oxygen atoms in total. The molecule has 0 spiro atoms. The van der Waals surface area contributed by atoms with Crippen molar-refractivity contribution < 1.29 is 14.3 Å². The monoisotopic (exact) mass is 329 g/mol. The van der Waals surface area contributed by atoms with E-state index in [1.165, 1.54) is 0 Å². The Bertz CT molecular complexity index is 675. The number of hydrogen-bond acceptors (Lipinski definition) is 4. The van der Waals surface area contributed by atoms with Gasteiger partial charge in [-0.2, -0.15) is 0 Å².